The van der Waals surface area contributed by atoms with E-state index in [1.54, 1.807) is 6.92 Å². The zero-order valence-electron chi connectivity index (χ0n) is 17.1. The Labute approximate surface area is 168 Å². The van der Waals surface area contributed by atoms with E-state index >= 15 is 0 Å². The molecule has 2 aliphatic rings. The van der Waals surface area contributed by atoms with Gasteiger partial charge < -0.3 is 4.74 Å². The van der Waals surface area contributed by atoms with E-state index in [1.807, 2.05) is 25.1 Å². The quantitative estimate of drug-likeness (QED) is 0.481. The smallest absolute Gasteiger partial charge is 0.316 e. The second-order valence-electron chi connectivity index (χ2n) is 8.22. The molecule has 0 spiro atoms. The monoisotopic (exact) mass is 380 g/mol. The topological polar surface area (TPSA) is 43.4 Å². The fraction of sp³-hybridized carbons (Fsp3) is 0.520. The average molecular weight is 381 g/mol. The van der Waals surface area contributed by atoms with Crippen LogP contribution in [-0.4, -0.2) is 18.4 Å². The third-order valence-corrected chi connectivity index (χ3v) is 6.23. The van der Waals surface area contributed by atoms with E-state index in [-0.39, 0.29) is 17.7 Å². The van der Waals surface area contributed by atoms with Crippen LogP contribution in [0.4, 0.5) is 0 Å². The highest BCUT2D eigenvalue weighted by molar-refractivity contribution is 6.00. The van der Waals surface area contributed by atoms with Crippen LogP contribution >= 0.6 is 0 Å². The van der Waals surface area contributed by atoms with Crippen LogP contribution in [0.5, 0.6) is 0 Å². The van der Waals surface area contributed by atoms with Crippen molar-refractivity contribution in [2.24, 2.45) is 23.7 Å². The summed E-state index contributed by atoms with van der Waals surface area (Å²) in [6.45, 7) is 4.13. The van der Waals surface area contributed by atoms with Crippen molar-refractivity contribution in [3.63, 3.8) is 0 Å². The molecule has 0 aromatic heterocycles. The molecule has 2 unspecified atom stereocenters. The Morgan fingerprint density at radius 3 is 2.57 bits per heavy atom. The Kier molecular flexibility index (Phi) is 7.24. The molecule has 1 fully saturated rings. The zero-order chi connectivity index (χ0) is 19.9. The predicted molar refractivity (Wildman–Crippen MR) is 112 cm³/mol. The van der Waals surface area contributed by atoms with Gasteiger partial charge in [0.15, 0.2) is 5.78 Å². The largest absolute Gasteiger partial charge is 0.465 e. The second-order valence-corrected chi connectivity index (χ2v) is 8.22. The molecule has 1 aromatic rings. The number of carbonyl (C=O) groups is 2. The van der Waals surface area contributed by atoms with Crippen LogP contribution < -0.4 is 0 Å². The van der Waals surface area contributed by atoms with Crippen molar-refractivity contribution in [2.45, 2.75) is 52.4 Å². The first kappa shape index (κ1) is 20.6. The molecule has 0 radical (unpaired) electrons. The number of rotatable bonds is 7. The second kappa shape index (κ2) is 9.86. The molecule has 3 rings (SSSR count). The zero-order valence-corrected chi connectivity index (χ0v) is 17.1. The minimum absolute atomic E-state index is 0.0152. The third-order valence-electron chi connectivity index (χ3n) is 6.23. The van der Waals surface area contributed by atoms with E-state index in [1.165, 1.54) is 0 Å². The fourth-order valence-electron chi connectivity index (χ4n) is 4.68. The van der Waals surface area contributed by atoms with Crippen molar-refractivity contribution in [1.29, 1.82) is 0 Å². The maximum absolute atomic E-state index is 13.3. The summed E-state index contributed by atoms with van der Waals surface area (Å²) < 4.78 is 5.26. The van der Waals surface area contributed by atoms with E-state index in [4.69, 9.17) is 4.74 Å². The highest BCUT2D eigenvalue weighted by Crippen LogP contribution is 2.38. The lowest BCUT2D eigenvalue weighted by Crippen LogP contribution is -2.35. The number of ether oxygens (including phenoxy) is 1. The molecule has 0 heterocycles. The molecule has 1 saturated carbocycles. The number of allylic oxidation sites excluding steroid dienone is 4. The number of benzene rings is 1. The van der Waals surface area contributed by atoms with Gasteiger partial charge in [-0.2, -0.15) is 0 Å². The van der Waals surface area contributed by atoms with Gasteiger partial charge in [0, 0.05) is 5.92 Å². The summed E-state index contributed by atoms with van der Waals surface area (Å²) in [6, 6.07) is 8.06. The molecule has 28 heavy (non-hydrogen) atoms. The summed E-state index contributed by atoms with van der Waals surface area (Å²) >= 11 is 0. The summed E-state index contributed by atoms with van der Waals surface area (Å²) in [4.78, 5) is 25.8. The molecule has 0 saturated heterocycles. The van der Waals surface area contributed by atoms with Gasteiger partial charge in [-0.25, -0.2) is 0 Å². The van der Waals surface area contributed by atoms with Gasteiger partial charge in [-0.15, -0.1) is 0 Å². The van der Waals surface area contributed by atoms with Crippen LogP contribution in [0.25, 0.3) is 0 Å². The fourth-order valence-corrected chi connectivity index (χ4v) is 4.68. The van der Waals surface area contributed by atoms with Crippen LogP contribution in [0.3, 0.4) is 0 Å². The number of aryl methyl sites for hydroxylation is 1. The Balaban J connectivity index is 1.64. The number of Topliss-reactive ketones (excluding diaryl/α,β-unsaturated/α-hetero) is 1. The molecular weight excluding hydrogens is 348 g/mol. The standard InChI is InChI=1S/C25H32O3/c1-3-28-25(27)23(17-19-9-7-8-18(2)16-19)24(26)22-14-12-21(13-15-22)20-10-5-4-6-11-20/h4-10,16,20-23H,3,11-15,17H2,1-2H3. The molecule has 0 amide bonds. The van der Waals surface area contributed by atoms with E-state index in [0.29, 0.717) is 24.9 Å². The molecule has 150 valence electrons. The summed E-state index contributed by atoms with van der Waals surface area (Å²) in [5, 5.41) is 0. The van der Waals surface area contributed by atoms with Crippen molar-refractivity contribution in [1.82, 2.24) is 0 Å². The number of ketones is 1. The SMILES string of the molecule is CCOC(=O)C(Cc1cccc(C)c1)C(=O)C1CCC(C2C=CC=CC2)CC1. The molecular formula is C25H32O3. The van der Waals surface area contributed by atoms with Gasteiger partial charge in [0.05, 0.1) is 6.61 Å². The lowest BCUT2D eigenvalue weighted by Gasteiger charge is -2.33. The van der Waals surface area contributed by atoms with E-state index < -0.39 is 5.92 Å². The Bertz CT molecular complexity index is 738. The van der Waals surface area contributed by atoms with E-state index in [2.05, 4.69) is 30.4 Å². The summed E-state index contributed by atoms with van der Waals surface area (Å²) in [5.41, 5.74) is 2.17. The number of hydrogen-bond acceptors (Lipinski definition) is 3. The van der Waals surface area contributed by atoms with Gasteiger partial charge in [0.1, 0.15) is 5.92 Å². The first-order chi connectivity index (χ1) is 13.6. The Hall–Kier alpha value is -2.16. The van der Waals surface area contributed by atoms with Crippen LogP contribution in [0, 0.1) is 30.6 Å². The van der Waals surface area contributed by atoms with Crippen LogP contribution in [0.15, 0.2) is 48.6 Å². The van der Waals surface area contributed by atoms with Crippen LogP contribution in [-0.2, 0) is 20.7 Å². The highest BCUT2D eigenvalue weighted by atomic mass is 16.5. The van der Waals surface area contributed by atoms with Crippen molar-refractivity contribution < 1.29 is 14.3 Å². The normalized spacial score (nSPS) is 25.3. The van der Waals surface area contributed by atoms with Crippen molar-refractivity contribution in [3.8, 4) is 0 Å². The number of carbonyl (C=O) groups excluding carboxylic acids is 2. The molecule has 3 nitrogen and oxygen atoms in total. The van der Waals surface area contributed by atoms with Gasteiger partial charge >= 0.3 is 5.97 Å². The van der Waals surface area contributed by atoms with Gasteiger partial charge in [0.2, 0.25) is 0 Å². The summed E-state index contributed by atoms with van der Waals surface area (Å²) in [5.74, 6) is 0.283. The molecule has 3 heteroatoms. The molecule has 2 aliphatic carbocycles. The molecule has 0 aliphatic heterocycles. The Morgan fingerprint density at radius 2 is 1.93 bits per heavy atom. The predicted octanol–water partition coefficient (Wildman–Crippen LogP) is 5.22. The maximum atomic E-state index is 13.3. The van der Waals surface area contributed by atoms with Gasteiger partial charge in [-0.1, -0.05) is 54.1 Å². The maximum Gasteiger partial charge on any atom is 0.316 e. The molecule has 0 N–H and O–H groups in total. The lowest BCUT2D eigenvalue weighted by atomic mass is 9.71. The van der Waals surface area contributed by atoms with Crippen molar-refractivity contribution >= 4 is 11.8 Å². The van der Waals surface area contributed by atoms with E-state index in [9.17, 15) is 9.59 Å². The van der Waals surface area contributed by atoms with Crippen molar-refractivity contribution in [2.75, 3.05) is 6.61 Å². The number of hydrogen-bond donors (Lipinski definition) is 0. The molecule has 0 bridgehead atoms. The van der Waals surface area contributed by atoms with Crippen LogP contribution in [0.1, 0.15) is 50.2 Å². The van der Waals surface area contributed by atoms with Crippen LogP contribution in [0.2, 0.25) is 0 Å². The minimum Gasteiger partial charge on any atom is -0.465 e. The number of esters is 1. The Morgan fingerprint density at radius 1 is 1.14 bits per heavy atom. The molecule has 2 atom stereocenters. The minimum atomic E-state index is -0.680. The van der Waals surface area contributed by atoms with Crippen molar-refractivity contribution in [3.05, 3.63) is 59.7 Å². The first-order valence-electron chi connectivity index (χ1n) is 10.7. The summed E-state index contributed by atoms with van der Waals surface area (Å²) in [6.07, 6.45) is 14.3. The summed E-state index contributed by atoms with van der Waals surface area (Å²) in [7, 11) is 0. The van der Waals surface area contributed by atoms with Gasteiger partial charge in [-0.05, 0) is 69.8 Å². The first-order valence-corrected chi connectivity index (χ1v) is 10.7. The third kappa shape index (κ3) is 5.21. The average Bonchev–Trinajstić information content (AvgIpc) is 2.72. The van der Waals surface area contributed by atoms with Gasteiger partial charge in [0.25, 0.3) is 0 Å². The molecule has 1 aromatic carbocycles. The lowest BCUT2D eigenvalue weighted by molar-refractivity contribution is -0.153. The highest BCUT2D eigenvalue weighted by Gasteiger charge is 2.36. The van der Waals surface area contributed by atoms with E-state index in [0.717, 1.165) is 43.2 Å². The van der Waals surface area contributed by atoms with Gasteiger partial charge in [-0.3, -0.25) is 9.59 Å².